The predicted octanol–water partition coefficient (Wildman–Crippen LogP) is 1.08. The number of nitrogens with one attached hydrogen (secondary N) is 1. The van der Waals surface area contributed by atoms with E-state index in [2.05, 4.69) is 10.2 Å². The van der Waals surface area contributed by atoms with Crippen molar-refractivity contribution in [3.63, 3.8) is 0 Å². The number of β-amino-alcohol motifs (C(OH)–C–C–N with tert-alkyl or cyclic N) is 1. The zero-order chi connectivity index (χ0) is 26.7. The molecule has 2 aromatic carbocycles. The van der Waals surface area contributed by atoms with Crippen molar-refractivity contribution in [2.75, 3.05) is 36.5 Å². The molecule has 2 aliphatic heterocycles. The summed E-state index contributed by atoms with van der Waals surface area (Å²) in [7, 11) is 0. The SMILES string of the molecule is C[C@@H]1CN(c2ccc(NCc3ccc(CN4C[C@H](O)[C@@H](O)[C@H](O)[C@H]4CO)cc3)c([N+](=O)[O-])c2)C[C@H](C)O1. The van der Waals surface area contributed by atoms with E-state index in [4.69, 9.17) is 4.74 Å². The van der Waals surface area contributed by atoms with Crippen LogP contribution in [0.25, 0.3) is 0 Å². The monoisotopic (exact) mass is 516 g/mol. The van der Waals surface area contributed by atoms with Crippen LogP contribution in [0.4, 0.5) is 17.1 Å². The normalized spacial score (nSPS) is 28.8. The highest BCUT2D eigenvalue weighted by Crippen LogP contribution is 2.31. The number of piperidine rings is 1. The van der Waals surface area contributed by atoms with E-state index >= 15 is 0 Å². The molecule has 2 aliphatic rings. The molecular weight excluding hydrogens is 480 g/mol. The number of nitro benzene ring substituents is 1. The summed E-state index contributed by atoms with van der Waals surface area (Å²) in [6, 6.07) is 12.2. The highest BCUT2D eigenvalue weighted by Gasteiger charge is 2.40. The molecule has 202 valence electrons. The summed E-state index contributed by atoms with van der Waals surface area (Å²) >= 11 is 0. The Morgan fingerprint density at radius 2 is 1.65 bits per heavy atom. The van der Waals surface area contributed by atoms with Gasteiger partial charge < -0.3 is 35.4 Å². The van der Waals surface area contributed by atoms with Gasteiger partial charge in [-0.25, -0.2) is 0 Å². The standard InChI is InChI=1S/C26H36N4O7/c1-16-11-28(12-17(2)37-16)20-7-8-21(22(9-20)30(35)36)27-10-18-3-5-19(6-4-18)13-29-14-24(32)26(34)25(33)23(29)15-31/h3-9,16-17,23-27,31-34H,10-15H2,1-2H3/t16-,17+,23-,24+,25-,26-/m1/s1. The molecule has 5 N–H and O–H groups in total. The van der Waals surface area contributed by atoms with Crippen molar-refractivity contribution >= 4 is 17.1 Å². The third kappa shape index (κ3) is 6.38. The number of benzene rings is 2. The number of aliphatic hydroxyl groups excluding tert-OH is 4. The van der Waals surface area contributed by atoms with Gasteiger partial charge in [-0.2, -0.15) is 0 Å². The quantitative estimate of drug-likeness (QED) is 0.255. The third-order valence-corrected chi connectivity index (χ3v) is 7.07. The first-order valence-electron chi connectivity index (χ1n) is 12.6. The van der Waals surface area contributed by atoms with Crippen molar-refractivity contribution < 1.29 is 30.1 Å². The van der Waals surface area contributed by atoms with E-state index in [1.54, 1.807) is 17.0 Å². The average Bonchev–Trinajstić information content (AvgIpc) is 2.86. The van der Waals surface area contributed by atoms with Crippen LogP contribution in [0.1, 0.15) is 25.0 Å². The van der Waals surface area contributed by atoms with Gasteiger partial charge in [-0.05, 0) is 37.1 Å². The molecule has 2 aromatic rings. The lowest BCUT2D eigenvalue weighted by Crippen LogP contribution is -2.62. The number of hydrogen-bond acceptors (Lipinski definition) is 10. The smallest absolute Gasteiger partial charge is 0.294 e. The molecule has 0 radical (unpaired) electrons. The zero-order valence-electron chi connectivity index (χ0n) is 21.1. The Morgan fingerprint density at radius 3 is 2.27 bits per heavy atom. The minimum absolute atomic E-state index is 0.0142. The largest absolute Gasteiger partial charge is 0.395 e. The molecule has 37 heavy (non-hydrogen) atoms. The minimum atomic E-state index is -1.29. The van der Waals surface area contributed by atoms with Crippen LogP contribution >= 0.6 is 0 Å². The number of likely N-dealkylation sites (tertiary alicyclic amines) is 1. The molecule has 11 heteroatoms. The van der Waals surface area contributed by atoms with Crippen LogP contribution in [-0.2, 0) is 17.8 Å². The van der Waals surface area contributed by atoms with E-state index in [1.165, 1.54) is 0 Å². The zero-order valence-corrected chi connectivity index (χ0v) is 21.1. The fourth-order valence-electron chi connectivity index (χ4n) is 5.16. The summed E-state index contributed by atoms with van der Waals surface area (Å²) in [5, 5.41) is 54.7. The van der Waals surface area contributed by atoms with Crippen molar-refractivity contribution in [1.29, 1.82) is 0 Å². The lowest BCUT2D eigenvalue weighted by Gasteiger charge is -2.43. The summed E-state index contributed by atoms with van der Waals surface area (Å²) in [5.41, 5.74) is 3.08. The summed E-state index contributed by atoms with van der Waals surface area (Å²) in [6.07, 6.45) is -3.53. The van der Waals surface area contributed by atoms with Crippen molar-refractivity contribution in [3.8, 4) is 0 Å². The Balaban J connectivity index is 1.40. The Labute approximate surface area is 216 Å². The second-order valence-corrected chi connectivity index (χ2v) is 10.0. The van der Waals surface area contributed by atoms with E-state index < -0.39 is 24.4 Å². The molecule has 11 nitrogen and oxygen atoms in total. The van der Waals surface area contributed by atoms with Crippen LogP contribution in [0.15, 0.2) is 42.5 Å². The predicted molar refractivity (Wildman–Crippen MR) is 138 cm³/mol. The molecule has 0 unspecified atom stereocenters. The molecular formula is C26H36N4O7. The van der Waals surface area contributed by atoms with Gasteiger partial charge in [0.05, 0.1) is 35.9 Å². The maximum absolute atomic E-state index is 11.8. The van der Waals surface area contributed by atoms with Gasteiger partial charge in [0.15, 0.2) is 0 Å². The van der Waals surface area contributed by atoms with Gasteiger partial charge in [0.25, 0.3) is 5.69 Å². The number of hydrogen-bond donors (Lipinski definition) is 5. The van der Waals surface area contributed by atoms with Gasteiger partial charge >= 0.3 is 0 Å². The molecule has 0 aromatic heterocycles. The highest BCUT2D eigenvalue weighted by atomic mass is 16.6. The molecule has 0 spiro atoms. The highest BCUT2D eigenvalue weighted by molar-refractivity contribution is 5.68. The molecule has 0 amide bonds. The number of nitro groups is 1. The van der Waals surface area contributed by atoms with Crippen LogP contribution in [0, 0.1) is 10.1 Å². The van der Waals surface area contributed by atoms with Gasteiger partial charge in [0.2, 0.25) is 0 Å². The molecule has 2 fully saturated rings. The first-order valence-corrected chi connectivity index (χ1v) is 12.6. The Kier molecular flexibility index (Phi) is 8.63. The molecule has 6 atom stereocenters. The van der Waals surface area contributed by atoms with E-state index in [0.29, 0.717) is 31.9 Å². The molecule has 0 saturated carbocycles. The van der Waals surface area contributed by atoms with Crippen LogP contribution in [0.2, 0.25) is 0 Å². The van der Waals surface area contributed by atoms with Gasteiger partial charge in [-0.3, -0.25) is 15.0 Å². The molecule has 2 saturated heterocycles. The van der Waals surface area contributed by atoms with Crippen LogP contribution < -0.4 is 10.2 Å². The summed E-state index contributed by atoms with van der Waals surface area (Å²) < 4.78 is 5.77. The van der Waals surface area contributed by atoms with E-state index in [-0.39, 0.29) is 36.0 Å². The fourth-order valence-corrected chi connectivity index (χ4v) is 5.16. The number of ether oxygens (including phenoxy) is 1. The Bertz CT molecular complexity index is 1060. The van der Waals surface area contributed by atoms with Gasteiger partial charge in [-0.15, -0.1) is 0 Å². The molecule has 2 heterocycles. The van der Waals surface area contributed by atoms with E-state index in [1.807, 2.05) is 44.2 Å². The number of anilines is 2. The molecule has 0 aliphatic carbocycles. The van der Waals surface area contributed by atoms with Crippen molar-refractivity contribution in [2.24, 2.45) is 0 Å². The van der Waals surface area contributed by atoms with Gasteiger partial charge in [-0.1, -0.05) is 24.3 Å². The number of rotatable bonds is 8. The Hall–Kier alpha value is -2.80. The van der Waals surface area contributed by atoms with E-state index in [9.17, 15) is 30.5 Å². The second-order valence-electron chi connectivity index (χ2n) is 10.0. The summed E-state index contributed by atoms with van der Waals surface area (Å²) in [6.45, 7) is 5.90. The van der Waals surface area contributed by atoms with Gasteiger partial charge in [0, 0.05) is 44.5 Å². The topological polar surface area (TPSA) is 152 Å². The number of morpholine rings is 1. The van der Waals surface area contributed by atoms with Crippen LogP contribution in [0.3, 0.4) is 0 Å². The lowest BCUT2D eigenvalue weighted by molar-refractivity contribution is -0.383. The Morgan fingerprint density at radius 1 is 1.00 bits per heavy atom. The lowest BCUT2D eigenvalue weighted by atomic mass is 9.93. The summed E-state index contributed by atoms with van der Waals surface area (Å²) in [4.78, 5) is 15.3. The minimum Gasteiger partial charge on any atom is -0.395 e. The third-order valence-electron chi connectivity index (χ3n) is 7.07. The first kappa shape index (κ1) is 27.2. The second kappa shape index (κ2) is 11.7. The maximum Gasteiger partial charge on any atom is 0.294 e. The summed E-state index contributed by atoms with van der Waals surface area (Å²) in [5.74, 6) is 0. The van der Waals surface area contributed by atoms with Gasteiger partial charge in [0.1, 0.15) is 17.9 Å². The molecule has 0 bridgehead atoms. The van der Waals surface area contributed by atoms with Crippen molar-refractivity contribution in [1.82, 2.24) is 4.90 Å². The first-order chi connectivity index (χ1) is 17.7. The molecule has 4 rings (SSSR count). The maximum atomic E-state index is 11.8. The van der Waals surface area contributed by atoms with Crippen LogP contribution in [-0.4, -0.2) is 93.1 Å². The van der Waals surface area contributed by atoms with Crippen LogP contribution in [0.5, 0.6) is 0 Å². The average molecular weight is 517 g/mol. The number of aliphatic hydroxyl groups is 4. The van der Waals surface area contributed by atoms with E-state index in [0.717, 1.165) is 16.8 Å². The fraction of sp³-hybridized carbons (Fsp3) is 0.538. The van der Waals surface area contributed by atoms with Crippen molar-refractivity contribution in [3.05, 3.63) is 63.7 Å². The number of nitrogens with zero attached hydrogens (tertiary/aromatic N) is 3. The van der Waals surface area contributed by atoms with Crippen molar-refractivity contribution in [2.45, 2.75) is 63.5 Å².